The summed E-state index contributed by atoms with van der Waals surface area (Å²) in [6, 6.07) is 1.43. The van der Waals surface area contributed by atoms with E-state index in [1.807, 2.05) is 0 Å². The lowest BCUT2D eigenvalue weighted by Gasteiger charge is -1.85. The topological polar surface area (TPSA) is 58.9 Å². The molecule has 0 amide bonds. The molecule has 11 heavy (non-hydrogen) atoms. The Morgan fingerprint density at radius 1 is 1.82 bits per heavy atom. The van der Waals surface area contributed by atoms with Crippen LogP contribution in [0.25, 0.3) is 0 Å². The van der Waals surface area contributed by atoms with Crippen LogP contribution in [-0.4, -0.2) is 15.8 Å². The molecular formula is C6H6ClN2O2. The van der Waals surface area contributed by atoms with Gasteiger partial charge in [0.15, 0.2) is 0 Å². The van der Waals surface area contributed by atoms with Crippen LogP contribution >= 0.6 is 11.6 Å². The number of aromatic nitrogens is 1. The number of halogens is 1. The zero-order valence-electron chi connectivity index (χ0n) is 5.58. The van der Waals surface area contributed by atoms with Crippen LogP contribution < -0.4 is 0 Å². The van der Waals surface area contributed by atoms with E-state index in [9.17, 15) is 10.1 Å². The molecule has 59 valence electrons. The van der Waals surface area contributed by atoms with Crippen molar-refractivity contribution in [3.63, 3.8) is 0 Å². The number of nitro groups is 1. The van der Waals surface area contributed by atoms with E-state index in [4.69, 9.17) is 11.6 Å². The lowest BCUT2D eigenvalue weighted by atomic mass is 10.3. The minimum atomic E-state index is -0.456. The molecule has 1 aromatic rings. The number of aromatic amines is 1. The maximum Gasteiger partial charge on any atom is 0.286 e. The molecule has 0 aliphatic carbocycles. The van der Waals surface area contributed by atoms with Crippen LogP contribution in [0.2, 0.25) is 0 Å². The van der Waals surface area contributed by atoms with E-state index >= 15 is 0 Å². The average Bonchev–Trinajstić information content (AvgIpc) is 2.37. The Labute approximate surface area is 68.3 Å². The second-order valence-corrected chi connectivity index (χ2v) is 2.24. The molecule has 0 aromatic carbocycles. The number of hydrogen-bond donors (Lipinski definition) is 1. The van der Waals surface area contributed by atoms with Crippen LogP contribution in [0.15, 0.2) is 12.3 Å². The standard InChI is InChI=1S/C6H6ClN2O2/c7-2-1-5-3-6(4-8-5)9(10)11/h1,3-4,8H,2H2. The summed E-state index contributed by atoms with van der Waals surface area (Å²) in [6.07, 6.45) is 2.99. The molecule has 0 spiro atoms. The number of alkyl halides is 1. The van der Waals surface area contributed by atoms with Crippen LogP contribution in [0.1, 0.15) is 5.69 Å². The fraction of sp³-hybridized carbons (Fsp3) is 0.167. The molecule has 0 unspecified atom stereocenters. The van der Waals surface area contributed by atoms with Crippen molar-refractivity contribution >= 4 is 17.3 Å². The minimum Gasteiger partial charge on any atom is -0.359 e. The molecule has 5 heteroatoms. The zero-order valence-corrected chi connectivity index (χ0v) is 6.34. The van der Waals surface area contributed by atoms with Crippen molar-refractivity contribution in [1.82, 2.24) is 4.98 Å². The van der Waals surface area contributed by atoms with Crippen LogP contribution in [0.3, 0.4) is 0 Å². The Bertz CT molecular complexity index is 259. The summed E-state index contributed by atoms with van der Waals surface area (Å²) in [4.78, 5) is 12.4. The van der Waals surface area contributed by atoms with Gasteiger partial charge in [-0.3, -0.25) is 10.1 Å². The highest BCUT2D eigenvalue weighted by Crippen LogP contribution is 2.13. The summed E-state index contributed by atoms with van der Waals surface area (Å²) in [5.74, 6) is 0.345. The van der Waals surface area contributed by atoms with Crippen LogP contribution in [0.4, 0.5) is 5.69 Å². The Morgan fingerprint density at radius 2 is 2.55 bits per heavy atom. The second-order valence-electron chi connectivity index (χ2n) is 1.93. The van der Waals surface area contributed by atoms with E-state index in [0.29, 0.717) is 11.6 Å². The van der Waals surface area contributed by atoms with Gasteiger partial charge in [-0.2, -0.15) is 0 Å². The van der Waals surface area contributed by atoms with E-state index in [0.717, 1.165) is 0 Å². The lowest BCUT2D eigenvalue weighted by Crippen LogP contribution is -1.83. The first-order chi connectivity index (χ1) is 5.24. The van der Waals surface area contributed by atoms with E-state index in [-0.39, 0.29) is 5.69 Å². The highest BCUT2D eigenvalue weighted by molar-refractivity contribution is 6.18. The molecule has 0 saturated carbocycles. The third kappa shape index (κ3) is 1.94. The first-order valence-corrected chi connectivity index (χ1v) is 3.49. The Hall–Kier alpha value is -1.03. The van der Waals surface area contributed by atoms with Gasteiger partial charge in [0.2, 0.25) is 0 Å². The fourth-order valence-electron chi connectivity index (χ4n) is 0.706. The monoisotopic (exact) mass is 173 g/mol. The molecule has 0 fully saturated rings. The van der Waals surface area contributed by atoms with E-state index in [1.54, 1.807) is 6.42 Å². The van der Waals surface area contributed by atoms with Gasteiger partial charge in [-0.1, -0.05) is 0 Å². The maximum atomic E-state index is 10.2. The van der Waals surface area contributed by atoms with Crippen LogP contribution in [0.5, 0.6) is 0 Å². The molecule has 0 aliphatic heterocycles. The molecule has 1 rings (SSSR count). The maximum absolute atomic E-state index is 10.2. The molecule has 4 nitrogen and oxygen atoms in total. The minimum absolute atomic E-state index is 0.0568. The third-order valence-electron chi connectivity index (χ3n) is 1.20. The summed E-state index contributed by atoms with van der Waals surface area (Å²) in [5, 5.41) is 10.2. The zero-order chi connectivity index (χ0) is 8.27. The van der Waals surface area contributed by atoms with Gasteiger partial charge >= 0.3 is 0 Å². The molecule has 0 aliphatic rings. The molecule has 1 aromatic heterocycles. The molecule has 0 atom stereocenters. The van der Waals surface area contributed by atoms with Crippen molar-refractivity contribution < 1.29 is 4.92 Å². The highest BCUT2D eigenvalue weighted by atomic mass is 35.5. The molecular weight excluding hydrogens is 168 g/mol. The molecule has 0 saturated heterocycles. The first-order valence-electron chi connectivity index (χ1n) is 2.96. The molecule has 1 N–H and O–H groups in total. The lowest BCUT2D eigenvalue weighted by molar-refractivity contribution is -0.384. The normalized spacial score (nSPS) is 9.91. The SMILES string of the molecule is O=[N+]([O-])c1c[nH]c([CH]CCl)c1. The van der Waals surface area contributed by atoms with Gasteiger partial charge in [0.25, 0.3) is 5.69 Å². The van der Waals surface area contributed by atoms with Gasteiger partial charge in [-0.25, -0.2) is 0 Å². The molecule has 1 radical (unpaired) electrons. The van der Waals surface area contributed by atoms with Gasteiger partial charge in [-0.15, -0.1) is 11.6 Å². The average molecular weight is 174 g/mol. The van der Waals surface area contributed by atoms with E-state index < -0.39 is 4.92 Å². The smallest absolute Gasteiger partial charge is 0.286 e. The number of H-pyrrole nitrogens is 1. The first kappa shape index (κ1) is 8.07. The van der Waals surface area contributed by atoms with Crippen molar-refractivity contribution in [2.24, 2.45) is 0 Å². The van der Waals surface area contributed by atoms with Crippen molar-refractivity contribution in [3.05, 3.63) is 34.5 Å². The Morgan fingerprint density at radius 3 is 3.00 bits per heavy atom. The predicted octanol–water partition coefficient (Wildman–Crippen LogP) is 1.71. The van der Waals surface area contributed by atoms with Crippen molar-refractivity contribution in [2.45, 2.75) is 0 Å². The number of nitrogens with zero attached hydrogens (tertiary/aromatic N) is 1. The summed E-state index contributed by atoms with van der Waals surface area (Å²) in [6.45, 7) is 0. The van der Waals surface area contributed by atoms with Crippen molar-refractivity contribution in [3.8, 4) is 0 Å². The predicted molar refractivity (Wildman–Crippen MR) is 41.6 cm³/mol. The van der Waals surface area contributed by atoms with Gasteiger partial charge < -0.3 is 4.98 Å². The van der Waals surface area contributed by atoms with Gasteiger partial charge in [0.1, 0.15) is 0 Å². The van der Waals surface area contributed by atoms with E-state index in [1.165, 1.54) is 12.3 Å². The summed E-state index contributed by atoms with van der Waals surface area (Å²) in [5.41, 5.74) is 0.730. The van der Waals surface area contributed by atoms with Crippen LogP contribution in [0, 0.1) is 16.5 Å². The largest absolute Gasteiger partial charge is 0.359 e. The fourth-order valence-corrected chi connectivity index (χ4v) is 0.873. The third-order valence-corrected chi connectivity index (χ3v) is 1.35. The Balaban J connectivity index is 2.73. The second kappa shape index (κ2) is 3.39. The highest BCUT2D eigenvalue weighted by Gasteiger charge is 2.07. The number of hydrogen-bond acceptors (Lipinski definition) is 2. The van der Waals surface area contributed by atoms with Crippen molar-refractivity contribution in [2.75, 3.05) is 5.88 Å². The number of nitrogens with one attached hydrogen (secondary N) is 1. The Kier molecular flexibility index (Phi) is 2.48. The van der Waals surface area contributed by atoms with Gasteiger partial charge in [0.05, 0.1) is 11.1 Å². The summed E-state index contributed by atoms with van der Waals surface area (Å²) >= 11 is 5.38. The van der Waals surface area contributed by atoms with Crippen molar-refractivity contribution in [1.29, 1.82) is 0 Å². The number of rotatable bonds is 3. The summed E-state index contributed by atoms with van der Waals surface area (Å²) < 4.78 is 0. The molecule has 1 heterocycles. The van der Waals surface area contributed by atoms with E-state index in [2.05, 4.69) is 4.98 Å². The van der Waals surface area contributed by atoms with Gasteiger partial charge in [0, 0.05) is 24.1 Å². The van der Waals surface area contributed by atoms with Gasteiger partial charge in [-0.05, 0) is 0 Å². The summed E-state index contributed by atoms with van der Waals surface area (Å²) in [7, 11) is 0. The quantitative estimate of drug-likeness (QED) is 0.430. The molecule has 0 bridgehead atoms. The van der Waals surface area contributed by atoms with Crippen LogP contribution in [-0.2, 0) is 0 Å².